The van der Waals surface area contributed by atoms with Gasteiger partial charge in [0.2, 0.25) is 0 Å². The average Bonchev–Trinajstić information content (AvgIpc) is 3.03. The number of hydrogen-bond acceptors (Lipinski definition) is 5. The molecule has 0 spiro atoms. The number of pyridine rings is 2. The third-order valence-electron chi connectivity index (χ3n) is 7.22. The summed E-state index contributed by atoms with van der Waals surface area (Å²) in [4.78, 5) is 30.4. The molecule has 5 rings (SSSR count). The van der Waals surface area contributed by atoms with E-state index < -0.39 is 17.6 Å². The van der Waals surface area contributed by atoms with E-state index in [1.165, 1.54) is 11.1 Å². The van der Waals surface area contributed by atoms with Crippen molar-refractivity contribution < 1.29 is 24.2 Å². The summed E-state index contributed by atoms with van der Waals surface area (Å²) in [6.45, 7) is 4.67. The highest BCUT2D eigenvalue weighted by atomic mass is 35.5. The Balaban J connectivity index is 0.000000386. The lowest BCUT2D eigenvalue weighted by Gasteiger charge is -2.40. The first-order valence-corrected chi connectivity index (χ1v) is 13.2. The van der Waals surface area contributed by atoms with Crippen LogP contribution in [-0.4, -0.2) is 50.1 Å². The SMILES string of the molecule is Cc1cncc(CN2CCC(C3(F)c4ccc(Cl)cc4CCc4cccnc43)CC2)c1.O=C(O)/C=C/C(=O)O. The number of aromatic nitrogens is 2. The van der Waals surface area contributed by atoms with Gasteiger partial charge in [-0.25, -0.2) is 14.0 Å². The molecule has 9 heteroatoms. The number of carboxylic acids is 2. The standard InChI is InChI=1S/C26H27ClFN3.C4H4O4/c1-18-13-19(16-29-15-18)17-31-11-8-22(9-12-31)26(28)24-7-6-23(27)14-21(24)5-4-20-3-2-10-30-25(20)26;5-3(6)1-2-4(7)8/h2-3,6-7,10,13-16,22H,4-5,8-9,11-12,17H2,1H3;1-2H,(H,5,6)(H,7,8)/b;2-1+. The molecular weight excluding hydrogens is 521 g/mol. The van der Waals surface area contributed by atoms with Crippen molar-refractivity contribution in [2.75, 3.05) is 13.1 Å². The zero-order valence-electron chi connectivity index (χ0n) is 21.7. The van der Waals surface area contributed by atoms with Crippen LogP contribution in [0.2, 0.25) is 5.02 Å². The first-order chi connectivity index (χ1) is 18.7. The molecule has 39 heavy (non-hydrogen) atoms. The molecule has 0 saturated carbocycles. The number of halogens is 2. The van der Waals surface area contributed by atoms with Gasteiger partial charge in [-0.2, -0.15) is 0 Å². The number of hydrogen-bond donors (Lipinski definition) is 2. The summed E-state index contributed by atoms with van der Waals surface area (Å²) >= 11 is 6.28. The van der Waals surface area contributed by atoms with E-state index in [4.69, 9.17) is 21.8 Å². The van der Waals surface area contributed by atoms with E-state index in [1.54, 1.807) is 6.20 Å². The maximum absolute atomic E-state index is 17.3. The summed E-state index contributed by atoms with van der Waals surface area (Å²) in [6.07, 6.45) is 9.84. The summed E-state index contributed by atoms with van der Waals surface area (Å²) in [7, 11) is 0. The highest BCUT2D eigenvalue weighted by molar-refractivity contribution is 6.30. The van der Waals surface area contributed by atoms with Crippen molar-refractivity contribution in [3.05, 3.63) is 106 Å². The first kappa shape index (κ1) is 28.4. The van der Waals surface area contributed by atoms with Gasteiger partial charge in [0.25, 0.3) is 0 Å². The molecule has 2 N–H and O–H groups in total. The van der Waals surface area contributed by atoms with Crippen LogP contribution in [0, 0.1) is 12.8 Å². The molecule has 1 fully saturated rings. The van der Waals surface area contributed by atoms with Gasteiger partial charge in [-0.05, 0) is 91.7 Å². The summed E-state index contributed by atoms with van der Waals surface area (Å²) < 4.78 is 17.3. The third kappa shape index (κ3) is 6.88. The number of piperidine rings is 1. The van der Waals surface area contributed by atoms with Crippen LogP contribution in [0.15, 0.2) is 67.1 Å². The second kappa shape index (κ2) is 12.5. The predicted molar refractivity (Wildman–Crippen MR) is 146 cm³/mol. The molecule has 1 saturated heterocycles. The summed E-state index contributed by atoms with van der Waals surface area (Å²) in [5, 5.41) is 16.3. The summed E-state index contributed by atoms with van der Waals surface area (Å²) in [5.41, 5.74) is 4.21. The van der Waals surface area contributed by atoms with E-state index in [0.717, 1.165) is 62.0 Å². The Hall–Kier alpha value is -3.62. The lowest BCUT2D eigenvalue weighted by Crippen LogP contribution is -2.42. The third-order valence-corrected chi connectivity index (χ3v) is 7.45. The molecule has 0 bridgehead atoms. The zero-order valence-corrected chi connectivity index (χ0v) is 22.4. The van der Waals surface area contributed by atoms with Crippen molar-refractivity contribution in [1.29, 1.82) is 0 Å². The molecule has 7 nitrogen and oxygen atoms in total. The molecule has 3 heterocycles. The molecule has 1 aromatic carbocycles. The summed E-state index contributed by atoms with van der Waals surface area (Å²) in [6, 6.07) is 11.8. The van der Waals surface area contributed by atoms with Gasteiger partial charge in [-0.3, -0.25) is 14.9 Å². The quantitative estimate of drug-likeness (QED) is 0.411. The van der Waals surface area contributed by atoms with E-state index in [2.05, 4.69) is 27.9 Å². The van der Waals surface area contributed by atoms with Crippen molar-refractivity contribution >= 4 is 23.5 Å². The lowest BCUT2D eigenvalue weighted by molar-refractivity contribution is -0.134. The van der Waals surface area contributed by atoms with E-state index in [9.17, 15) is 9.59 Å². The van der Waals surface area contributed by atoms with E-state index in [1.807, 2.05) is 42.7 Å². The molecule has 2 aliphatic rings. The molecule has 0 amide bonds. The molecule has 3 aromatic rings. The Kier molecular flexibility index (Phi) is 9.09. The van der Waals surface area contributed by atoms with Crippen molar-refractivity contribution in [2.24, 2.45) is 5.92 Å². The van der Waals surface area contributed by atoms with E-state index in [0.29, 0.717) is 22.9 Å². The normalized spacial score (nSPS) is 19.4. The van der Waals surface area contributed by atoms with Gasteiger partial charge < -0.3 is 10.2 Å². The Morgan fingerprint density at radius 3 is 2.44 bits per heavy atom. The van der Waals surface area contributed by atoms with Crippen LogP contribution >= 0.6 is 11.6 Å². The van der Waals surface area contributed by atoms with Gasteiger partial charge in [0.05, 0.1) is 5.69 Å². The van der Waals surface area contributed by atoms with Gasteiger partial charge in [0.15, 0.2) is 5.67 Å². The lowest BCUT2D eigenvalue weighted by atomic mass is 9.74. The summed E-state index contributed by atoms with van der Waals surface area (Å²) in [5.74, 6) is -2.62. The number of benzene rings is 1. The number of aryl methyl sites for hydroxylation is 3. The zero-order chi connectivity index (χ0) is 28.0. The maximum Gasteiger partial charge on any atom is 0.328 e. The minimum Gasteiger partial charge on any atom is -0.478 e. The van der Waals surface area contributed by atoms with Crippen LogP contribution in [0.4, 0.5) is 4.39 Å². The Labute approximate surface area is 232 Å². The highest BCUT2D eigenvalue weighted by Gasteiger charge is 2.48. The van der Waals surface area contributed by atoms with Crippen LogP contribution in [0.3, 0.4) is 0 Å². The molecule has 1 aliphatic heterocycles. The molecule has 1 aliphatic carbocycles. The number of alkyl halides is 1. The average molecular weight is 552 g/mol. The predicted octanol–water partition coefficient (Wildman–Crippen LogP) is 5.37. The van der Waals surface area contributed by atoms with Crippen LogP contribution < -0.4 is 0 Å². The smallest absolute Gasteiger partial charge is 0.328 e. The van der Waals surface area contributed by atoms with Crippen molar-refractivity contribution in [1.82, 2.24) is 14.9 Å². The number of nitrogens with zero attached hydrogens (tertiary/aromatic N) is 3. The van der Waals surface area contributed by atoms with Crippen LogP contribution in [0.25, 0.3) is 0 Å². The fourth-order valence-electron chi connectivity index (χ4n) is 5.50. The molecule has 204 valence electrons. The second-order valence-corrected chi connectivity index (χ2v) is 10.4. The number of carbonyl (C=O) groups is 2. The Morgan fingerprint density at radius 2 is 1.77 bits per heavy atom. The maximum atomic E-state index is 17.3. The number of fused-ring (bicyclic) bond motifs is 2. The molecule has 2 aromatic heterocycles. The fourth-order valence-corrected chi connectivity index (χ4v) is 5.69. The molecule has 0 radical (unpaired) electrons. The van der Waals surface area contributed by atoms with Gasteiger partial charge >= 0.3 is 11.9 Å². The highest BCUT2D eigenvalue weighted by Crippen LogP contribution is 2.49. The molecular formula is C30H31ClFN3O4. The van der Waals surface area contributed by atoms with Gasteiger partial charge in [0.1, 0.15) is 0 Å². The van der Waals surface area contributed by atoms with Gasteiger partial charge in [-0.15, -0.1) is 0 Å². The number of carboxylic acid groups (broad SMARTS) is 2. The monoisotopic (exact) mass is 551 g/mol. The molecule has 1 unspecified atom stereocenters. The van der Waals surface area contributed by atoms with Crippen molar-refractivity contribution in [2.45, 2.75) is 44.8 Å². The number of likely N-dealkylation sites (tertiary alicyclic amines) is 1. The largest absolute Gasteiger partial charge is 0.478 e. The van der Waals surface area contributed by atoms with Crippen LogP contribution in [0.5, 0.6) is 0 Å². The van der Waals surface area contributed by atoms with Gasteiger partial charge in [-0.1, -0.05) is 29.8 Å². The first-order valence-electron chi connectivity index (χ1n) is 12.9. The number of rotatable bonds is 5. The van der Waals surface area contributed by atoms with Crippen LogP contribution in [0.1, 0.15) is 46.4 Å². The fraction of sp³-hybridized carbons (Fsp3) is 0.333. The van der Waals surface area contributed by atoms with Crippen molar-refractivity contribution in [3.63, 3.8) is 0 Å². The minimum absolute atomic E-state index is 0.106. The second-order valence-electron chi connectivity index (χ2n) is 9.96. The Bertz CT molecular complexity index is 1360. The number of aliphatic carboxylic acids is 2. The van der Waals surface area contributed by atoms with Crippen LogP contribution in [-0.2, 0) is 34.6 Å². The molecule has 1 atom stereocenters. The van der Waals surface area contributed by atoms with E-state index >= 15 is 4.39 Å². The topological polar surface area (TPSA) is 104 Å². The van der Waals surface area contributed by atoms with Crippen molar-refractivity contribution in [3.8, 4) is 0 Å². The van der Waals surface area contributed by atoms with E-state index in [-0.39, 0.29) is 5.92 Å². The Morgan fingerprint density at radius 1 is 1.08 bits per heavy atom. The van der Waals surface area contributed by atoms with Gasteiger partial charge in [0, 0.05) is 48.2 Å². The minimum atomic E-state index is -1.58.